The third kappa shape index (κ3) is 3.26. The number of rotatable bonds is 4. The highest BCUT2D eigenvalue weighted by Crippen LogP contribution is 2.25. The van der Waals surface area contributed by atoms with Crippen molar-refractivity contribution in [3.63, 3.8) is 0 Å². The van der Waals surface area contributed by atoms with Gasteiger partial charge in [0.2, 0.25) is 0 Å². The lowest BCUT2D eigenvalue weighted by molar-refractivity contribution is -0.141. The van der Waals surface area contributed by atoms with Crippen LogP contribution in [0.2, 0.25) is 0 Å². The number of carbonyl (C=O) groups excluding carboxylic acids is 1. The van der Waals surface area contributed by atoms with Gasteiger partial charge in [0.1, 0.15) is 0 Å². The molecule has 3 N–H and O–H groups in total. The number of carboxylic acids is 1. The number of aliphatic carboxylic acids is 1. The van der Waals surface area contributed by atoms with Crippen LogP contribution < -0.4 is 10.6 Å². The van der Waals surface area contributed by atoms with Gasteiger partial charge >= 0.3 is 12.0 Å². The van der Waals surface area contributed by atoms with Crippen LogP contribution in [0.15, 0.2) is 23.0 Å². The first kappa shape index (κ1) is 12.5. The first-order valence-electron chi connectivity index (χ1n) is 5.93. The lowest BCUT2D eigenvalue weighted by atomic mass is 10.1. The van der Waals surface area contributed by atoms with Crippen LogP contribution >= 0.6 is 0 Å². The van der Waals surface area contributed by atoms with Crippen LogP contribution in [0.4, 0.5) is 4.79 Å². The van der Waals surface area contributed by atoms with E-state index in [9.17, 15) is 9.59 Å². The molecule has 2 rings (SSSR count). The molecule has 0 unspecified atom stereocenters. The zero-order chi connectivity index (χ0) is 13.0. The molecule has 0 aromatic carbocycles. The molecule has 18 heavy (non-hydrogen) atoms. The fourth-order valence-electron chi connectivity index (χ4n) is 2.15. The lowest BCUT2D eigenvalue weighted by Crippen LogP contribution is -2.40. The predicted molar refractivity (Wildman–Crippen MR) is 62.8 cm³/mol. The SMILES string of the molecule is O=C(NCc1ccoc1)N[C@H]1CC[C@@H](C(=O)O)C1. The summed E-state index contributed by atoms with van der Waals surface area (Å²) in [6.45, 7) is 0.400. The first-order valence-corrected chi connectivity index (χ1v) is 5.93. The summed E-state index contributed by atoms with van der Waals surface area (Å²) in [6, 6.07) is 1.46. The summed E-state index contributed by atoms with van der Waals surface area (Å²) in [4.78, 5) is 22.3. The van der Waals surface area contributed by atoms with Crippen molar-refractivity contribution in [3.05, 3.63) is 24.2 Å². The highest BCUT2D eigenvalue weighted by atomic mass is 16.4. The van der Waals surface area contributed by atoms with Gasteiger partial charge in [0.05, 0.1) is 18.4 Å². The van der Waals surface area contributed by atoms with E-state index in [1.165, 1.54) is 0 Å². The fraction of sp³-hybridized carbons (Fsp3) is 0.500. The number of hydrogen-bond donors (Lipinski definition) is 3. The number of amides is 2. The summed E-state index contributed by atoms with van der Waals surface area (Å²) < 4.78 is 4.88. The molecule has 0 saturated heterocycles. The van der Waals surface area contributed by atoms with Crippen molar-refractivity contribution < 1.29 is 19.1 Å². The van der Waals surface area contributed by atoms with E-state index < -0.39 is 5.97 Å². The summed E-state index contributed by atoms with van der Waals surface area (Å²) in [5.41, 5.74) is 0.889. The Labute approximate surface area is 104 Å². The average molecular weight is 252 g/mol. The maximum Gasteiger partial charge on any atom is 0.315 e. The Kier molecular flexibility index (Phi) is 3.86. The third-order valence-corrected chi connectivity index (χ3v) is 3.15. The quantitative estimate of drug-likeness (QED) is 0.753. The summed E-state index contributed by atoms with van der Waals surface area (Å²) >= 11 is 0. The molecular formula is C12H16N2O4. The molecule has 98 valence electrons. The Morgan fingerprint density at radius 2 is 2.28 bits per heavy atom. The molecule has 1 heterocycles. The third-order valence-electron chi connectivity index (χ3n) is 3.15. The van der Waals surface area contributed by atoms with Gasteiger partial charge in [-0.15, -0.1) is 0 Å². The topological polar surface area (TPSA) is 91.6 Å². The van der Waals surface area contributed by atoms with Gasteiger partial charge in [0.25, 0.3) is 0 Å². The van der Waals surface area contributed by atoms with Crippen molar-refractivity contribution in [1.29, 1.82) is 0 Å². The average Bonchev–Trinajstić information content (AvgIpc) is 2.96. The minimum absolute atomic E-state index is 0.0459. The Hall–Kier alpha value is -1.98. The lowest BCUT2D eigenvalue weighted by Gasteiger charge is -2.12. The molecule has 2 amide bonds. The van der Waals surface area contributed by atoms with E-state index in [4.69, 9.17) is 9.52 Å². The number of hydrogen-bond acceptors (Lipinski definition) is 3. The zero-order valence-electron chi connectivity index (χ0n) is 9.89. The van der Waals surface area contributed by atoms with E-state index in [0.717, 1.165) is 12.0 Å². The number of urea groups is 1. The van der Waals surface area contributed by atoms with Crippen molar-refractivity contribution in [1.82, 2.24) is 10.6 Å². The van der Waals surface area contributed by atoms with Gasteiger partial charge in [-0.3, -0.25) is 4.79 Å². The van der Waals surface area contributed by atoms with Crippen LogP contribution in [-0.4, -0.2) is 23.1 Å². The normalized spacial score (nSPS) is 22.7. The van der Waals surface area contributed by atoms with Crippen LogP contribution in [0.25, 0.3) is 0 Å². The summed E-state index contributed by atoms with van der Waals surface area (Å²) in [5, 5.41) is 14.3. The Bertz CT molecular complexity index is 416. The Morgan fingerprint density at radius 1 is 1.44 bits per heavy atom. The molecule has 1 saturated carbocycles. The largest absolute Gasteiger partial charge is 0.481 e. The van der Waals surface area contributed by atoms with Crippen LogP contribution in [0.5, 0.6) is 0 Å². The van der Waals surface area contributed by atoms with Gasteiger partial charge < -0.3 is 20.2 Å². The van der Waals surface area contributed by atoms with Gasteiger partial charge in [-0.05, 0) is 25.3 Å². The van der Waals surface area contributed by atoms with Crippen molar-refractivity contribution in [3.8, 4) is 0 Å². The molecule has 1 aromatic heterocycles. The Morgan fingerprint density at radius 3 is 2.89 bits per heavy atom. The molecule has 0 radical (unpaired) electrons. The second-order valence-corrected chi connectivity index (χ2v) is 4.50. The zero-order valence-corrected chi connectivity index (χ0v) is 9.89. The molecule has 1 aliphatic carbocycles. The fourth-order valence-corrected chi connectivity index (χ4v) is 2.15. The highest BCUT2D eigenvalue weighted by molar-refractivity contribution is 5.75. The van der Waals surface area contributed by atoms with E-state index in [2.05, 4.69) is 10.6 Å². The van der Waals surface area contributed by atoms with Crippen molar-refractivity contribution in [2.75, 3.05) is 0 Å². The molecule has 0 bridgehead atoms. The minimum Gasteiger partial charge on any atom is -0.481 e. The van der Waals surface area contributed by atoms with Crippen LogP contribution in [0, 0.1) is 5.92 Å². The Balaban J connectivity index is 1.70. The van der Waals surface area contributed by atoms with Crippen molar-refractivity contribution >= 4 is 12.0 Å². The smallest absolute Gasteiger partial charge is 0.315 e. The van der Waals surface area contributed by atoms with E-state index in [0.29, 0.717) is 19.4 Å². The highest BCUT2D eigenvalue weighted by Gasteiger charge is 2.30. The van der Waals surface area contributed by atoms with Crippen molar-refractivity contribution in [2.45, 2.75) is 31.8 Å². The molecule has 0 aliphatic heterocycles. The van der Waals surface area contributed by atoms with Crippen molar-refractivity contribution in [2.24, 2.45) is 5.92 Å². The van der Waals surface area contributed by atoms with E-state index in [-0.39, 0.29) is 18.0 Å². The van der Waals surface area contributed by atoms with Gasteiger partial charge in [-0.25, -0.2) is 4.79 Å². The van der Waals surface area contributed by atoms with Gasteiger partial charge in [-0.2, -0.15) is 0 Å². The monoisotopic (exact) mass is 252 g/mol. The maximum absolute atomic E-state index is 11.6. The molecular weight excluding hydrogens is 236 g/mol. The number of furan rings is 1. The summed E-state index contributed by atoms with van der Waals surface area (Å²) in [7, 11) is 0. The molecule has 1 aromatic rings. The minimum atomic E-state index is -0.780. The molecule has 6 nitrogen and oxygen atoms in total. The maximum atomic E-state index is 11.6. The standard InChI is InChI=1S/C12H16N2O4/c15-11(16)9-1-2-10(5-9)14-12(17)13-6-8-3-4-18-7-8/h3-4,7,9-10H,1-2,5-6H2,(H,15,16)(H2,13,14,17)/t9-,10+/m1/s1. The van der Waals surface area contributed by atoms with Crippen LogP contribution in [0.1, 0.15) is 24.8 Å². The summed E-state index contributed by atoms with van der Waals surface area (Å²) in [6.07, 6.45) is 4.96. The summed E-state index contributed by atoms with van der Waals surface area (Å²) in [5.74, 6) is -1.11. The second-order valence-electron chi connectivity index (χ2n) is 4.50. The molecule has 0 spiro atoms. The number of carboxylic acid groups (broad SMARTS) is 1. The first-order chi connectivity index (χ1) is 8.65. The number of nitrogens with one attached hydrogen (secondary N) is 2. The molecule has 1 fully saturated rings. The molecule has 6 heteroatoms. The molecule has 2 atom stereocenters. The second kappa shape index (κ2) is 5.57. The van der Waals surface area contributed by atoms with E-state index in [1.54, 1.807) is 18.6 Å². The van der Waals surface area contributed by atoms with Gasteiger partial charge in [-0.1, -0.05) is 0 Å². The number of carbonyl (C=O) groups is 2. The van der Waals surface area contributed by atoms with E-state index in [1.807, 2.05) is 0 Å². The molecule has 1 aliphatic rings. The van der Waals surface area contributed by atoms with Gasteiger partial charge in [0.15, 0.2) is 0 Å². The predicted octanol–water partition coefficient (Wildman–Crippen LogP) is 1.33. The van der Waals surface area contributed by atoms with Crippen LogP contribution in [0.3, 0.4) is 0 Å². The van der Waals surface area contributed by atoms with E-state index >= 15 is 0 Å². The van der Waals surface area contributed by atoms with Crippen LogP contribution in [-0.2, 0) is 11.3 Å². The van der Waals surface area contributed by atoms with Gasteiger partial charge in [0, 0.05) is 18.2 Å².